The average Bonchev–Trinajstić information content (AvgIpc) is 2.90. The molecule has 0 saturated carbocycles. The van der Waals surface area contributed by atoms with Gasteiger partial charge in [-0.05, 0) is 35.9 Å². The molecule has 1 aliphatic heterocycles. The van der Waals surface area contributed by atoms with E-state index in [0.29, 0.717) is 16.5 Å². The Morgan fingerprint density at radius 2 is 1.96 bits per heavy atom. The molecule has 1 N–H and O–H groups in total. The van der Waals surface area contributed by atoms with Crippen molar-refractivity contribution in [3.05, 3.63) is 59.9 Å². The maximum absolute atomic E-state index is 13.3. The number of nitrogens with one attached hydrogen (secondary N) is 1. The van der Waals surface area contributed by atoms with E-state index in [1.807, 2.05) is 0 Å². The van der Waals surface area contributed by atoms with Gasteiger partial charge in [-0.1, -0.05) is 30.0 Å². The van der Waals surface area contributed by atoms with Crippen LogP contribution < -0.4 is 10.4 Å². The fourth-order valence-corrected chi connectivity index (χ4v) is 3.68. The average molecular weight is 400 g/mol. The molecule has 0 bridgehead atoms. The third-order valence-corrected chi connectivity index (χ3v) is 5.18. The largest absolute Gasteiger partial charge is 0.545 e. The van der Waals surface area contributed by atoms with Gasteiger partial charge in [0, 0.05) is 19.2 Å². The van der Waals surface area contributed by atoms with Crippen LogP contribution in [-0.4, -0.2) is 40.1 Å². The summed E-state index contributed by atoms with van der Waals surface area (Å²) in [6.07, 6.45) is -0.0851. The Hall–Kier alpha value is -3.20. The number of nitrogens with zero attached hydrogens (tertiary/aromatic N) is 2. The first kappa shape index (κ1) is 19.6. The Bertz CT molecular complexity index is 962. The highest BCUT2D eigenvalue weighted by Crippen LogP contribution is 2.30. The van der Waals surface area contributed by atoms with Crippen LogP contribution in [0.5, 0.6) is 0 Å². The number of hydrogen-bond acceptors (Lipinski definition) is 6. The zero-order valence-corrected chi connectivity index (χ0v) is 15.5. The number of carboxylic acids is 1. The molecule has 9 heteroatoms. The van der Waals surface area contributed by atoms with Crippen molar-refractivity contribution in [2.45, 2.75) is 11.7 Å². The summed E-state index contributed by atoms with van der Waals surface area (Å²) >= 11 is 1.13. The van der Waals surface area contributed by atoms with Gasteiger partial charge in [-0.25, -0.2) is 9.38 Å². The molecule has 0 spiro atoms. The van der Waals surface area contributed by atoms with Crippen LogP contribution in [0.4, 0.5) is 15.8 Å². The number of hydrogen-bond donors (Lipinski definition) is 1. The number of aromatic carboxylic acids is 1. The normalized spacial score (nSPS) is 17.8. The Morgan fingerprint density at radius 1 is 1.25 bits per heavy atom. The molecular formula is C19H15FN3O4S-. The molecule has 2 aromatic carbocycles. The van der Waals surface area contributed by atoms with Gasteiger partial charge >= 0.3 is 0 Å². The van der Waals surface area contributed by atoms with E-state index >= 15 is 0 Å². The zero-order chi connectivity index (χ0) is 20.3. The Labute approximate surface area is 164 Å². The number of aliphatic imine (C=N–C) groups is 1. The summed E-state index contributed by atoms with van der Waals surface area (Å²) in [5, 5.41) is 13.1. The lowest BCUT2D eigenvalue weighted by atomic mass is 10.2. The van der Waals surface area contributed by atoms with E-state index in [-0.39, 0.29) is 17.9 Å². The molecule has 1 atom stereocenters. The molecular weight excluding hydrogens is 385 g/mol. The maximum atomic E-state index is 13.3. The number of carbonyl (C=O) groups excluding carboxylic acids is 3. The summed E-state index contributed by atoms with van der Waals surface area (Å²) in [5.74, 6) is -2.41. The van der Waals surface area contributed by atoms with E-state index in [4.69, 9.17) is 0 Å². The Balaban J connectivity index is 1.64. The van der Waals surface area contributed by atoms with Gasteiger partial charge in [0.2, 0.25) is 11.8 Å². The highest BCUT2D eigenvalue weighted by atomic mass is 32.2. The number of thioether (sulfide) groups is 1. The molecule has 3 rings (SSSR count). The summed E-state index contributed by atoms with van der Waals surface area (Å²) in [6, 6.07) is 11.2. The maximum Gasteiger partial charge on any atom is 0.242 e. The number of amidine groups is 1. The van der Waals surface area contributed by atoms with Crippen molar-refractivity contribution < 1.29 is 23.9 Å². The number of anilines is 1. The van der Waals surface area contributed by atoms with Crippen LogP contribution in [0.25, 0.3) is 0 Å². The lowest BCUT2D eigenvalue weighted by molar-refractivity contribution is -0.255. The topological polar surface area (TPSA) is 102 Å². The summed E-state index contributed by atoms with van der Waals surface area (Å²) in [5.41, 5.74) is 0.784. The minimum atomic E-state index is -1.31. The molecule has 2 aromatic rings. The quantitative estimate of drug-likeness (QED) is 0.824. The second-order valence-corrected chi connectivity index (χ2v) is 7.16. The number of halogens is 1. The van der Waals surface area contributed by atoms with Gasteiger partial charge in [-0.3, -0.25) is 14.5 Å². The summed E-state index contributed by atoms with van der Waals surface area (Å²) in [6.45, 7) is 0. The van der Waals surface area contributed by atoms with Gasteiger partial charge in [0.15, 0.2) is 5.17 Å². The van der Waals surface area contributed by atoms with Crippen molar-refractivity contribution >= 4 is 46.1 Å². The standard InChI is InChI=1S/C19H16FN3O4S/c1-23-17(25)15(28-19(23)22-14-4-2-3-12(20)9-14)10-16(24)21-13-7-5-11(6-8-13)18(26)27/h2-9,15H,10H2,1H3,(H,21,24)(H,26,27)/p-1/t15-/m1/s1. The highest BCUT2D eigenvalue weighted by Gasteiger charge is 2.37. The van der Waals surface area contributed by atoms with E-state index in [1.165, 1.54) is 47.4 Å². The fourth-order valence-electron chi connectivity index (χ4n) is 2.52. The number of carbonyl (C=O) groups is 3. The van der Waals surface area contributed by atoms with Crippen LogP contribution in [0.2, 0.25) is 0 Å². The molecule has 0 aromatic heterocycles. The number of benzene rings is 2. The van der Waals surface area contributed by atoms with Crippen molar-refractivity contribution in [1.29, 1.82) is 0 Å². The predicted octanol–water partition coefficient (Wildman–Crippen LogP) is 1.78. The van der Waals surface area contributed by atoms with Crippen LogP contribution in [0.15, 0.2) is 53.5 Å². The van der Waals surface area contributed by atoms with Crippen LogP contribution in [0.1, 0.15) is 16.8 Å². The summed E-state index contributed by atoms with van der Waals surface area (Å²) < 4.78 is 13.3. The molecule has 144 valence electrons. The number of carboxylic acid groups (broad SMARTS) is 1. The molecule has 1 heterocycles. The fraction of sp³-hybridized carbons (Fsp3) is 0.158. The van der Waals surface area contributed by atoms with E-state index in [2.05, 4.69) is 10.3 Å². The van der Waals surface area contributed by atoms with Gasteiger partial charge in [-0.2, -0.15) is 0 Å². The smallest absolute Gasteiger partial charge is 0.242 e. The van der Waals surface area contributed by atoms with Crippen molar-refractivity contribution in [2.24, 2.45) is 4.99 Å². The molecule has 1 aliphatic rings. The van der Waals surface area contributed by atoms with Gasteiger partial charge < -0.3 is 15.2 Å². The summed E-state index contributed by atoms with van der Waals surface area (Å²) in [4.78, 5) is 41.0. The van der Waals surface area contributed by atoms with Gasteiger partial charge in [-0.15, -0.1) is 0 Å². The third-order valence-electron chi connectivity index (χ3n) is 3.95. The highest BCUT2D eigenvalue weighted by molar-refractivity contribution is 8.15. The SMILES string of the molecule is CN1C(=O)[C@@H](CC(=O)Nc2ccc(C(=O)[O-])cc2)SC1=Nc1cccc(F)c1. The molecule has 28 heavy (non-hydrogen) atoms. The monoisotopic (exact) mass is 400 g/mol. The lowest BCUT2D eigenvalue weighted by Crippen LogP contribution is -2.30. The lowest BCUT2D eigenvalue weighted by Gasteiger charge is -2.10. The zero-order valence-electron chi connectivity index (χ0n) is 14.7. The van der Waals surface area contributed by atoms with Crippen LogP contribution in [0, 0.1) is 5.82 Å². The third kappa shape index (κ3) is 4.55. The molecule has 0 unspecified atom stereocenters. The van der Waals surface area contributed by atoms with Gasteiger partial charge in [0.1, 0.15) is 11.1 Å². The molecule has 0 radical (unpaired) electrons. The van der Waals surface area contributed by atoms with Crippen molar-refractivity contribution in [3.63, 3.8) is 0 Å². The molecule has 0 aliphatic carbocycles. The van der Waals surface area contributed by atoms with Crippen LogP contribution >= 0.6 is 11.8 Å². The van der Waals surface area contributed by atoms with Crippen molar-refractivity contribution in [3.8, 4) is 0 Å². The first-order valence-electron chi connectivity index (χ1n) is 8.23. The minimum Gasteiger partial charge on any atom is -0.545 e. The van der Waals surface area contributed by atoms with Gasteiger partial charge in [0.25, 0.3) is 0 Å². The second-order valence-electron chi connectivity index (χ2n) is 6.00. The number of amides is 2. The predicted molar refractivity (Wildman–Crippen MR) is 102 cm³/mol. The van der Waals surface area contributed by atoms with E-state index in [1.54, 1.807) is 13.1 Å². The Kier molecular flexibility index (Phi) is 5.74. The van der Waals surface area contributed by atoms with Gasteiger partial charge in [0.05, 0.1) is 11.7 Å². The molecule has 7 nitrogen and oxygen atoms in total. The van der Waals surface area contributed by atoms with Crippen molar-refractivity contribution in [2.75, 3.05) is 12.4 Å². The Morgan fingerprint density at radius 3 is 2.61 bits per heavy atom. The number of rotatable bonds is 5. The van der Waals surface area contributed by atoms with E-state index < -0.39 is 22.9 Å². The summed E-state index contributed by atoms with van der Waals surface area (Å²) in [7, 11) is 1.55. The minimum absolute atomic E-state index is 0.000600. The molecule has 1 saturated heterocycles. The second kappa shape index (κ2) is 8.22. The first-order chi connectivity index (χ1) is 13.3. The molecule has 2 amide bonds. The van der Waals surface area contributed by atoms with E-state index in [0.717, 1.165) is 11.8 Å². The van der Waals surface area contributed by atoms with Crippen molar-refractivity contribution in [1.82, 2.24) is 4.90 Å². The molecule has 1 fully saturated rings. The van der Waals surface area contributed by atoms with E-state index in [9.17, 15) is 23.9 Å². The first-order valence-corrected chi connectivity index (χ1v) is 9.11. The van der Waals surface area contributed by atoms with Crippen LogP contribution in [-0.2, 0) is 9.59 Å². The van der Waals surface area contributed by atoms with Crippen LogP contribution in [0.3, 0.4) is 0 Å².